The second-order valence-electron chi connectivity index (χ2n) is 4.92. The molecule has 3 N–H and O–H groups in total. The largest absolute Gasteiger partial charge is 0.345 e. The molecule has 0 aliphatic carbocycles. The van der Waals surface area contributed by atoms with E-state index in [9.17, 15) is 0 Å². The summed E-state index contributed by atoms with van der Waals surface area (Å²) in [5, 5.41) is 2.23. The van der Waals surface area contributed by atoms with Crippen LogP contribution < -0.4 is 10.2 Å². The molecule has 1 saturated heterocycles. The first-order valence-electron chi connectivity index (χ1n) is 6.57. The Labute approximate surface area is 98.7 Å². The first-order chi connectivity index (χ1) is 7.88. The molecule has 1 aromatic carbocycles. The van der Waals surface area contributed by atoms with Gasteiger partial charge in [0.2, 0.25) is 0 Å². The maximum absolute atomic E-state index is 2.38. The number of benzene rings is 1. The molecule has 0 atom stereocenters. The van der Waals surface area contributed by atoms with Gasteiger partial charge in [-0.05, 0) is 25.3 Å². The van der Waals surface area contributed by atoms with Crippen LogP contribution >= 0.6 is 0 Å². The molecule has 1 heterocycles. The van der Waals surface area contributed by atoms with Crippen molar-refractivity contribution in [2.75, 3.05) is 20.1 Å². The van der Waals surface area contributed by atoms with Gasteiger partial charge in [0.05, 0.1) is 20.1 Å². The minimum absolute atomic E-state index is 1.10. The minimum Gasteiger partial charge on any atom is -0.345 e. The fourth-order valence-corrected chi connectivity index (χ4v) is 2.62. The van der Waals surface area contributed by atoms with E-state index in [1.165, 1.54) is 50.0 Å². The third-order valence-electron chi connectivity index (χ3n) is 3.45. The van der Waals surface area contributed by atoms with E-state index in [0.717, 1.165) is 6.54 Å². The standard InChI is InChI=1S/C14H22N2/c1-15-11-13-6-5-7-14(10-13)12-16-8-3-2-4-9-16/h5-7,10,15H,2-4,8-9,11-12H2,1H3/p+2. The number of rotatable bonds is 4. The molecule has 2 nitrogen and oxygen atoms in total. The van der Waals surface area contributed by atoms with Crippen LogP contribution in [0.4, 0.5) is 0 Å². The Morgan fingerprint density at radius 1 is 1.12 bits per heavy atom. The van der Waals surface area contributed by atoms with Gasteiger partial charge in [-0.2, -0.15) is 0 Å². The van der Waals surface area contributed by atoms with E-state index in [-0.39, 0.29) is 0 Å². The van der Waals surface area contributed by atoms with Crippen LogP contribution in [0.15, 0.2) is 24.3 Å². The zero-order chi connectivity index (χ0) is 11.2. The quantitative estimate of drug-likeness (QED) is 0.710. The van der Waals surface area contributed by atoms with Crippen LogP contribution in [0.3, 0.4) is 0 Å². The number of nitrogens with one attached hydrogen (secondary N) is 1. The third-order valence-corrected chi connectivity index (χ3v) is 3.45. The lowest BCUT2D eigenvalue weighted by Gasteiger charge is -2.23. The molecule has 2 rings (SSSR count). The number of piperidine rings is 1. The van der Waals surface area contributed by atoms with E-state index in [1.807, 2.05) is 0 Å². The molecule has 88 valence electrons. The molecule has 0 saturated carbocycles. The summed E-state index contributed by atoms with van der Waals surface area (Å²) >= 11 is 0. The number of hydrogen-bond donors (Lipinski definition) is 2. The van der Waals surface area contributed by atoms with E-state index in [1.54, 1.807) is 4.90 Å². The maximum atomic E-state index is 2.38. The Hall–Kier alpha value is -0.860. The second-order valence-corrected chi connectivity index (χ2v) is 4.92. The monoisotopic (exact) mass is 220 g/mol. The summed E-state index contributed by atoms with van der Waals surface area (Å²) in [5.41, 5.74) is 2.97. The molecule has 0 bridgehead atoms. The number of likely N-dealkylation sites (tertiary alicyclic amines) is 1. The Kier molecular flexibility index (Phi) is 4.37. The van der Waals surface area contributed by atoms with E-state index < -0.39 is 0 Å². The van der Waals surface area contributed by atoms with Crippen LogP contribution in [0.1, 0.15) is 30.4 Å². The molecule has 1 aliphatic rings. The number of hydrogen-bond acceptors (Lipinski definition) is 0. The van der Waals surface area contributed by atoms with Crippen molar-refractivity contribution in [2.45, 2.75) is 32.4 Å². The van der Waals surface area contributed by atoms with Crippen LogP contribution in [0.25, 0.3) is 0 Å². The smallest absolute Gasteiger partial charge is 0.103 e. The van der Waals surface area contributed by atoms with Gasteiger partial charge < -0.3 is 10.2 Å². The lowest BCUT2D eigenvalue weighted by Crippen LogP contribution is -3.11. The SMILES string of the molecule is C[NH2+]Cc1cccc(C[NH+]2CCCCC2)c1. The van der Waals surface area contributed by atoms with Crippen molar-refractivity contribution >= 4 is 0 Å². The van der Waals surface area contributed by atoms with Gasteiger partial charge in [-0.25, -0.2) is 0 Å². The Bertz CT molecular complexity index is 316. The summed E-state index contributed by atoms with van der Waals surface area (Å²) in [4.78, 5) is 1.77. The summed E-state index contributed by atoms with van der Waals surface area (Å²) in [6.07, 6.45) is 4.27. The second kappa shape index (κ2) is 6.02. The van der Waals surface area contributed by atoms with Crippen LogP contribution in [0.5, 0.6) is 0 Å². The third kappa shape index (κ3) is 3.32. The molecular formula is C14H24N2+2. The molecular weight excluding hydrogens is 196 g/mol. The van der Waals surface area contributed by atoms with Gasteiger partial charge >= 0.3 is 0 Å². The molecule has 1 fully saturated rings. The number of nitrogens with two attached hydrogens (primary N) is 1. The molecule has 0 amide bonds. The van der Waals surface area contributed by atoms with Crippen LogP contribution in [-0.2, 0) is 13.1 Å². The summed E-state index contributed by atoms with van der Waals surface area (Å²) in [6.45, 7) is 5.05. The average molecular weight is 220 g/mol. The molecule has 0 aromatic heterocycles. The van der Waals surface area contributed by atoms with Gasteiger partial charge in [-0.3, -0.25) is 0 Å². The summed E-state index contributed by atoms with van der Waals surface area (Å²) in [7, 11) is 2.13. The summed E-state index contributed by atoms with van der Waals surface area (Å²) in [5.74, 6) is 0. The van der Waals surface area contributed by atoms with Crippen LogP contribution in [0, 0.1) is 0 Å². The van der Waals surface area contributed by atoms with Crippen molar-refractivity contribution in [3.8, 4) is 0 Å². The fraction of sp³-hybridized carbons (Fsp3) is 0.571. The van der Waals surface area contributed by atoms with Crippen molar-refractivity contribution in [3.63, 3.8) is 0 Å². The van der Waals surface area contributed by atoms with Gasteiger partial charge in [0.1, 0.15) is 13.1 Å². The van der Waals surface area contributed by atoms with Crippen molar-refractivity contribution in [2.24, 2.45) is 0 Å². The Balaban J connectivity index is 1.94. The molecule has 1 aliphatic heterocycles. The van der Waals surface area contributed by atoms with Crippen molar-refractivity contribution in [1.82, 2.24) is 0 Å². The summed E-state index contributed by atoms with van der Waals surface area (Å²) in [6, 6.07) is 9.09. The molecule has 2 heteroatoms. The van der Waals surface area contributed by atoms with Crippen LogP contribution in [0.2, 0.25) is 0 Å². The predicted octanol–water partition coefficient (Wildman–Crippen LogP) is -0.0514. The maximum Gasteiger partial charge on any atom is 0.103 e. The van der Waals surface area contributed by atoms with Gasteiger partial charge in [-0.1, -0.05) is 18.2 Å². The van der Waals surface area contributed by atoms with Crippen LogP contribution in [-0.4, -0.2) is 20.1 Å². The van der Waals surface area contributed by atoms with E-state index >= 15 is 0 Å². The average Bonchev–Trinajstić information content (AvgIpc) is 2.31. The lowest BCUT2D eigenvalue weighted by atomic mass is 10.1. The van der Waals surface area contributed by atoms with Crippen molar-refractivity contribution in [1.29, 1.82) is 0 Å². The predicted molar refractivity (Wildman–Crippen MR) is 66.2 cm³/mol. The molecule has 0 unspecified atom stereocenters. The van der Waals surface area contributed by atoms with Gasteiger partial charge in [0.15, 0.2) is 0 Å². The fourth-order valence-electron chi connectivity index (χ4n) is 2.62. The first-order valence-corrected chi connectivity index (χ1v) is 6.57. The zero-order valence-electron chi connectivity index (χ0n) is 10.3. The minimum atomic E-state index is 1.10. The highest BCUT2D eigenvalue weighted by atomic mass is 15.1. The van der Waals surface area contributed by atoms with Gasteiger partial charge in [0.25, 0.3) is 0 Å². The molecule has 1 aromatic rings. The molecule has 16 heavy (non-hydrogen) atoms. The van der Waals surface area contributed by atoms with Gasteiger partial charge in [0, 0.05) is 11.1 Å². The Morgan fingerprint density at radius 2 is 1.88 bits per heavy atom. The zero-order valence-corrected chi connectivity index (χ0v) is 10.3. The van der Waals surface area contributed by atoms with E-state index in [0.29, 0.717) is 0 Å². The number of quaternary nitrogens is 2. The van der Waals surface area contributed by atoms with Gasteiger partial charge in [-0.15, -0.1) is 0 Å². The normalized spacial score (nSPS) is 17.6. The summed E-state index contributed by atoms with van der Waals surface area (Å²) < 4.78 is 0. The van der Waals surface area contributed by atoms with Crippen molar-refractivity contribution in [3.05, 3.63) is 35.4 Å². The highest BCUT2D eigenvalue weighted by Gasteiger charge is 2.13. The van der Waals surface area contributed by atoms with E-state index in [4.69, 9.17) is 0 Å². The highest BCUT2D eigenvalue weighted by Crippen LogP contribution is 2.04. The lowest BCUT2D eigenvalue weighted by molar-refractivity contribution is -0.918. The molecule has 0 radical (unpaired) electrons. The molecule has 0 spiro atoms. The first kappa shape index (κ1) is 11.6. The van der Waals surface area contributed by atoms with E-state index in [2.05, 4.69) is 36.6 Å². The highest BCUT2D eigenvalue weighted by molar-refractivity contribution is 5.21. The topological polar surface area (TPSA) is 21.1 Å². The Morgan fingerprint density at radius 3 is 2.62 bits per heavy atom. The van der Waals surface area contributed by atoms with Crippen molar-refractivity contribution < 1.29 is 10.2 Å².